The van der Waals surface area contributed by atoms with Crippen LogP contribution in [0.15, 0.2) is 22.0 Å². The number of pyridine rings is 1. The lowest BCUT2D eigenvalue weighted by molar-refractivity contribution is 0.159. The Hall–Kier alpha value is -0.890. The average Bonchev–Trinajstić information content (AvgIpc) is 2.35. The third kappa shape index (κ3) is 2.84. The predicted molar refractivity (Wildman–Crippen MR) is 72.9 cm³/mol. The molecule has 1 fully saturated rings. The third-order valence-electron chi connectivity index (χ3n) is 3.39. The number of nitrogens with zero attached hydrogens (tertiary/aromatic N) is 2. The van der Waals surface area contributed by atoms with Crippen molar-refractivity contribution in [3.63, 3.8) is 0 Å². The summed E-state index contributed by atoms with van der Waals surface area (Å²) in [6.07, 6.45) is 1.19. The van der Waals surface area contributed by atoms with Gasteiger partial charge in [0, 0.05) is 31.9 Å². The highest BCUT2D eigenvalue weighted by Gasteiger charge is 2.31. The summed E-state index contributed by atoms with van der Waals surface area (Å²) in [5, 5.41) is -0.122. The molecule has 1 unspecified atom stereocenters. The van der Waals surface area contributed by atoms with E-state index in [1.54, 1.807) is 0 Å². The zero-order chi connectivity index (χ0) is 14.2. The standard InChI is InChI=1S/C11H16ClN3O3S/c1-8-7-15(4-3-14(8)2)19(17,18)9-5-10(12)11(16)13-6-9/h5-6,8H,3-4,7H2,1-2H3,(H,13,16). The minimum absolute atomic E-state index is 0.0221. The van der Waals surface area contributed by atoms with Gasteiger partial charge in [-0.2, -0.15) is 4.31 Å². The number of rotatable bonds is 2. The molecule has 0 saturated carbocycles. The van der Waals surface area contributed by atoms with Gasteiger partial charge in [0.25, 0.3) is 5.56 Å². The summed E-state index contributed by atoms with van der Waals surface area (Å²) in [6, 6.07) is 1.35. The van der Waals surface area contributed by atoms with Crippen LogP contribution >= 0.6 is 11.6 Å². The second-order valence-corrected chi connectivity index (χ2v) is 7.05. The molecular weight excluding hydrogens is 290 g/mol. The molecule has 0 aromatic carbocycles. The normalized spacial score (nSPS) is 22.6. The summed E-state index contributed by atoms with van der Waals surface area (Å²) < 4.78 is 26.3. The van der Waals surface area contributed by atoms with Crippen molar-refractivity contribution in [3.05, 3.63) is 27.6 Å². The fraction of sp³-hybridized carbons (Fsp3) is 0.545. The Bertz CT molecular complexity index is 628. The molecule has 8 heteroatoms. The number of aromatic nitrogens is 1. The minimum Gasteiger partial charge on any atom is -0.326 e. The van der Waals surface area contributed by atoms with Crippen LogP contribution in [0.4, 0.5) is 0 Å². The maximum atomic E-state index is 12.4. The molecule has 6 nitrogen and oxygen atoms in total. The zero-order valence-electron chi connectivity index (χ0n) is 10.8. The Morgan fingerprint density at radius 1 is 1.42 bits per heavy atom. The van der Waals surface area contributed by atoms with Crippen molar-refractivity contribution in [1.82, 2.24) is 14.2 Å². The fourth-order valence-corrected chi connectivity index (χ4v) is 3.71. The third-order valence-corrected chi connectivity index (χ3v) is 5.52. The maximum Gasteiger partial charge on any atom is 0.266 e. The molecule has 19 heavy (non-hydrogen) atoms. The van der Waals surface area contributed by atoms with Gasteiger partial charge in [0.05, 0.1) is 4.90 Å². The van der Waals surface area contributed by atoms with Crippen molar-refractivity contribution >= 4 is 21.6 Å². The van der Waals surface area contributed by atoms with Gasteiger partial charge in [0.15, 0.2) is 0 Å². The number of piperazine rings is 1. The molecular formula is C11H16ClN3O3S. The van der Waals surface area contributed by atoms with Crippen LogP contribution in [0.3, 0.4) is 0 Å². The molecule has 1 N–H and O–H groups in total. The molecule has 2 heterocycles. The van der Waals surface area contributed by atoms with Gasteiger partial charge >= 0.3 is 0 Å². The summed E-state index contributed by atoms with van der Waals surface area (Å²) in [6.45, 7) is 3.51. The quantitative estimate of drug-likeness (QED) is 0.856. The van der Waals surface area contributed by atoms with Crippen molar-refractivity contribution < 1.29 is 8.42 Å². The molecule has 0 aliphatic carbocycles. The van der Waals surface area contributed by atoms with Gasteiger partial charge in [-0.25, -0.2) is 8.42 Å². The highest BCUT2D eigenvalue weighted by atomic mass is 35.5. The van der Waals surface area contributed by atoms with E-state index in [9.17, 15) is 13.2 Å². The summed E-state index contributed by atoms with van der Waals surface area (Å²) in [5.74, 6) is 0. The minimum atomic E-state index is -3.61. The van der Waals surface area contributed by atoms with Crippen molar-refractivity contribution in [2.75, 3.05) is 26.7 Å². The van der Waals surface area contributed by atoms with Crippen LogP contribution < -0.4 is 5.56 Å². The molecule has 1 saturated heterocycles. The lowest BCUT2D eigenvalue weighted by atomic mass is 10.2. The van der Waals surface area contributed by atoms with E-state index in [2.05, 4.69) is 9.88 Å². The Labute approximate surface area is 117 Å². The largest absolute Gasteiger partial charge is 0.326 e. The van der Waals surface area contributed by atoms with Crippen LogP contribution in [-0.4, -0.2) is 55.3 Å². The molecule has 1 aliphatic heterocycles. The fourth-order valence-electron chi connectivity index (χ4n) is 1.97. The van der Waals surface area contributed by atoms with Gasteiger partial charge in [-0.1, -0.05) is 11.6 Å². The van der Waals surface area contributed by atoms with E-state index in [1.807, 2.05) is 14.0 Å². The number of H-pyrrole nitrogens is 1. The predicted octanol–water partition coefficient (Wildman–Crippen LogP) is 0.353. The topological polar surface area (TPSA) is 73.5 Å². The number of likely N-dealkylation sites (N-methyl/N-ethyl adjacent to an activating group) is 1. The van der Waals surface area contributed by atoms with E-state index >= 15 is 0 Å². The molecule has 1 aromatic heterocycles. The van der Waals surface area contributed by atoms with Crippen molar-refractivity contribution in [2.45, 2.75) is 17.9 Å². The van der Waals surface area contributed by atoms with E-state index in [0.717, 1.165) is 0 Å². The molecule has 1 aliphatic rings. The van der Waals surface area contributed by atoms with Gasteiger partial charge in [0.1, 0.15) is 5.02 Å². The van der Waals surface area contributed by atoms with Gasteiger partial charge < -0.3 is 9.88 Å². The molecule has 0 spiro atoms. The first-order chi connectivity index (χ1) is 8.82. The number of sulfonamides is 1. The lowest BCUT2D eigenvalue weighted by Gasteiger charge is -2.36. The molecule has 106 valence electrons. The highest BCUT2D eigenvalue weighted by molar-refractivity contribution is 7.89. The Kier molecular flexibility index (Phi) is 4.00. The summed E-state index contributed by atoms with van der Waals surface area (Å²) >= 11 is 5.68. The SMILES string of the molecule is CC1CN(S(=O)(=O)c2c[nH]c(=O)c(Cl)c2)CCN1C. The number of aromatic amines is 1. The zero-order valence-corrected chi connectivity index (χ0v) is 12.3. The summed E-state index contributed by atoms with van der Waals surface area (Å²) in [5.41, 5.74) is -0.493. The second kappa shape index (κ2) is 5.24. The number of nitrogens with one attached hydrogen (secondary N) is 1. The van der Waals surface area contributed by atoms with E-state index in [-0.39, 0.29) is 16.0 Å². The monoisotopic (exact) mass is 305 g/mol. The van der Waals surface area contributed by atoms with Crippen molar-refractivity contribution in [2.24, 2.45) is 0 Å². The average molecular weight is 306 g/mol. The highest BCUT2D eigenvalue weighted by Crippen LogP contribution is 2.19. The molecule has 0 radical (unpaired) electrons. The first-order valence-electron chi connectivity index (χ1n) is 5.91. The van der Waals surface area contributed by atoms with Crippen LogP contribution in [0.2, 0.25) is 5.02 Å². The number of halogens is 1. The molecule has 1 atom stereocenters. The van der Waals surface area contributed by atoms with E-state index in [4.69, 9.17) is 11.6 Å². The van der Waals surface area contributed by atoms with Gasteiger partial charge in [-0.3, -0.25) is 4.79 Å². The van der Waals surface area contributed by atoms with E-state index in [0.29, 0.717) is 19.6 Å². The van der Waals surface area contributed by atoms with Crippen LogP contribution in [0.1, 0.15) is 6.92 Å². The van der Waals surface area contributed by atoms with Crippen molar-refractivity contribution in [3.8, 4) is 0 Å². The summed E-state index contributed by atoms with van der Waals surface area (Å²) in [7, 11) is -1.64. The first-order valence-corrected chi connectivity index (χ1v) is 7.73. The maximum absolute atomic E-state index is 12.4. The van der Waals surface area contributed by atoms with Gasteiger partial charge in [-0.05, 0) is 20.0 Å². The Morgan fingerprint density at radius 3 is 2.68 bits per heavy atom. The molecule has 0 bridgehead atoms. The van der Waals surface area contributed by atoms with Crippen LogP contribution in [-0.2, 0) is 10.0 Å². The second-order valence-electron chi connectivity index (χ2n) is 4.71. The molecule has 1 aromatic rings. The van der Waals surface area contributed by atoms with E-state index in [1.165, 1.54) is 16.6 Å². The Morgan fingerprint density at radius 2 is 2.11 bits per heavy atom. The van der Waals surface area contributed by atoms with Crippen molar-refractivity contribution in [1.29, 1.82) is 0 Å². The summed E-state index contributed by atoms with van der Waals surface area (Å²) in [4.78, 5) is 15.6. The number of hydrogen-bond acceptors (Lipinski definition) is 4. The van der Waals surface area contributed by atoms with E-state index < -0.39 is 15.6 Å². The van der Waals surface area contributed by atoms with Gasteiger partial charge in [0.2, 0.25) is 10.0 Å². The van der Waals surface area contributed by atoms with Crippen LogP contribution in [0.5, 0.6) is 0 Å². The smallest absolute Gasteiger partial charge is 0.266 e. The first kappa shape index (κ1) is 14.5. The lowest BCUT2D eigenvalue weighted by Crippen LogP contribution is -2.51. The van der Waals surface area contributed by atoms with Crippen LogP contribution in [0.25, 0.3) is 0 Å². The van der Waals surface area contributed by atoms with Gasteiger partial charge in [-0.15, -0.1) is 0 Å². The molecule has 0 amide bonds. The number of hydrogen-bond donors (Lipinski definition) is 1. The van der Waals surface area contributed by atoms with Crippen LogP contribution in [0, 0.1) is 0 Å². The Balaban J connectivity index is 2.32. The molecule has 2 rings (SSSR count).